The molecule has 1 aromatic rings. The van der Waals surface area contributed by atoms with E-state index in [-0.39, 0.29) is 11.5 Å². The molecule has 15 heavy (non-hydrogen) atoms. The molecule has 0 aliphatic heterocycles. The molecule has 1 aromatic heterocycles. The Bertz CT molecular complexity index is 370. The van der Waals surface area contributed by atoms with E-state index in [0.29, 0.717) is 26.0 Å². The van der Waals surface area contributed by atoms with Crippen LogP contribution in [0.4, 0.5) is 0 Å². The molecule has 0 radical (unpaired) electrons. The third-order valence-corrected chi connectivity index (χ3v) is 1.98. The van der Waals surface area contributed by atoms with Crippen LogP contribution >= 0.6 is 0 Å². The fourth-order valence-corrected chi connectivity index (χ4v) is 1.27. The molecule has 0 atom stereocenters. The van der Waals surface area contributed by atoms with Crippen LogP contribution < -0.4 is 5.56 Å². The van der Waals surface area contributed by atoms with E-state index in [1.807, 2.05) is 0 Å². The van der Waals surface area contributed by atoms with Crippen molar-refractivity contribution in [3.63, 3.8) is 0 Å². The molecule has 1 heterocycles. The Morgan fingerprint density at radius 2 is 2.27 bits per heavy atom. The summed E-state index contributed by atoms with van der Waals surface area (Å²) in [5, 5.41) is 0. The van der Waals surface area contributed by atoms with Crippen molar-refractivity contribution in [3.8, 4) is 0 Å². The fourth-order valence-electron chi connectivity index (χ4n) is 1.27. The second kappa shape index (κ2) is 6.01. The standard InChI is InChI=1S/C11H15NO3/c1-2-15-11(14)7-5-9-12-8-4-3-6-10(12)13/h3-4,6,8H,2,5,7,9H2,1H3. The Morgan fingerprint density at radius 1 is 1.47 bits per heavy atom. The van der Waals surface area contributed by atoms with Crippen molar-refractivity contribution in [2.24, 2.45) is 0 Å². The molecule has 0 spiro atoms. The summed E-state index contributed by atoms with van der Waals surface area (Å²) in [6.45, 7) is 2.74. The van der Waals surface area contributed by atoms with E-state index in [9.17, 15) is 9.59 Å². The van der Waals surface area contributed by atoms with Crippen LogP contribution in [0.3, 0.4) is 0 Å². The highest BCUT2D eigenvalue weighted by Crippen LogP contribution is 1.95. The Hall–Kier alpha value is -1.58. The molecule has 0 fully saturated rings. The van der Waals surface area contributed by atoms with Crippen molar-refractivity contribution >= 4 is 5.97 Å². The van der Waals surface area contributed by atoms with Crippen LogP contribution in [-0.4, -0.2) is 17.1 Å². The minimum absolute atomic E-state index is 0.0404. The van der Waals surface area contributed by atoms with Crippen molar-refractivity contribution in [1.29, 1.82) is 0 Å². The minimum Gasteiger partial charge on any atom is -0.466 e. The van der Waals surface area contributed by atoms with Gasteiger partial charge in [-0.1, -0.05) is 6.07 Å². The fraction of sp³-hybridized carbons (Fsp3) is 0.455. The maximum absolute atomic E-state index is 11.3. The Balaban J connectivity index is 2.35. The lowest BCUT2D eigenvalue weighted by atomic mass is 10.3. The van der Waals surface area contributed by atoms with Crippen molar-refractivity contribution in [2.45, 2.75) is 26.3 Å². The molecule has 1 rings (SSSR count). The van der Waals surface area contributed by atoms with Crippen LogP contribution in [0.5, 0.6) is 0 Å². The molecule has 0 aliphatic rings. The molecule has 0 aromatic carbocycles. The molecule has 0 amide bonds. The number of aryl methyl sites for hydroxylation is 1. The van der Waals surface area contributed by atoms with E-state index >= 15 is 0 Å². The van der Waals surface area contributed by atoms with Gasteiger partial charge < -0.3 is 9.30 Å². The second-order valence-electron chi connectivity index (χ2n) is 3.14. The number of pyridine rings is 1. The highest BCUT2D eigenvalue weighted by Gasteiger charge is 2.01. The van der Waals surface area contributed by atoms with Gasteiger partial charge in [-0.2, -0.15) is 0 Å². The SMILES string of the molecule is CCOC(=O)CCCn1ccccc1=O. The quantitative estimate of drug-likeness (QED) is 0.684. The van der Waals surface area contributed by atoms with E-state index in [4.69, 9.17) is 4.74 Å². The van der Waals surface area contributed by atoms with Crippen molar-refractivity contribution in [1.82, 2.24) is 4.57 Å². The first kappa shape index (κ1) is 11.5. The maximum Gasteiger partial charge on any atom is 0.305 e. The van der Waals surface area contributed by atoms with Gasteiger partial charge in [0.1, 0.15) is 0 Å². The van der Waals surface area contributed by atoms with Crippen LogP contribution in [-0.2, 0) is 16.1 Å². The van der Waals surface area contributed by atoms with Gasteiger partial charge in [0.15, 0.2) is 0 Å². The highest BCUT2D eigenvalue weighted by atomic mass is 16.5. The number of carbonyl (C=O) groups excluding carboxylic acids is 1. The summed E-state index contributed by atoms with van der Waals surface area (Å²) in [6, 6.07) is 5.00. The van der Waals surface area contributed by atoms with E-state index in [2.05, 4.69) is 0 Å². The number of ether oxygens (including phenoxy) is 1. The van der Waals surface area contributed by atoms with Gasteiger partial charge in [0.25, 0.3) is 0 Å². The number of esters is 1. The second-order valence-corrected chi connectivity index (χ2v) is 3.14. The average Bonchev–Trinajstić information content (AvgIpc) is 2.21. The monoisotopic (exact) mass is 209 g/mol. The molecular formula is C11H15NO3. The zero-order valence-corrected chi connectivity index (χ0v) is 8.81. The van der Waals surface area contributed by atoms with E-state index in [1.54, 1.807) is 29.8 Å². The zero-order valence-electron chi connectivity index (χ0n) is 8.81. The number of aromatic nitrogens is 1. The molecule has 4 heteroatoms. The number of nitrogens with zero attached hydrogens (tertiary/aromatic N) is 1. The Kier molecular flexibility index (Phi) is 4.60. The van der Waals surface area contributed by atoms with Gasteiger partial charge in [0, 0.05) is 25.2 Å². The topological polar surface area (TPSA) is 48.3 Å². The Morgan fingerprint density at radius 3 is 2.93 bits per heavy atom. The van der Waals surface area contributed by atoms with Gasteiger partial charge in [0.05, 0.1) is 6.61 Å². The zero-order chi connectivity index (χ0) is 11.1. The molecule has 0 aliphatic carbocycles. The van der Waals surface area contributed by atoms with Gasteiger partial charge in [-0.25, -0.2) is 0 Å². The van der Waals surface area contributed by atoms with Crippen LogP contribution in [0, 0.1) is 0 Å². The van der Waals surface area contributed by atoms with E-state index in [0.717, 1.165) is 0 Å². The summed E-state index contributed by atoms with van der Waals surface area (Å²) >= 11 is 0. The van der Waals surface area contributed by atoms with Crippen molar-refractivity contribution in [3.05, 3.63) is 34.7 Å². The third-order valence-electron chi connectivity index (χ3n) is 1.98. The molecule has 0 bridgehead atoms. The molecule has 0 saturated heterocycles. The third kappa shape index (κ3) is 3.97. The number of carbonyl (C=O) groups is 1. The predicted octanol–water partition coefficient (Wildman–Crippen LogP) is 1.19. The summed E-state index contributed by atoms with van der Waals surface area (Å²) < 4.78 is 6.37. The van der Waals surface area contributed by atoms with Gasteiger partial charge >= 0.3 is 5.97 Å². The normalized spacial score (nSPS) is 9.93. The van der Waals surface area contributed by atoms with Crippen molar-refractivity contribution in [2.75, 3.05) is 6.61 Å². The lowest BCUT2D eigenvalue weighted by Crippen LogP contribution is -2.18. The lowest BCUT2D eigenvalue weighted by Gasteiger charge is -2.04. The average molecular weight is 209 g/mol. The molecule has 0 unspecified atom stereocenters. The molecule has 0 N–H and O–H groups in total. The van der Waals surface area contributed by atoms with Gasteiger partial charge in [-0.05, 0) is 19.4 Å². The van der Waals surface area contributed by atoms with Gasteiger partial charge in [0.2, 0.25) is 5.56 Å². The Labute approximate surface area is 88.5 Å². The summed E-state index contributed by atoms with van der Waals surface area (Å²) in [7, 11) is 0. The van der Waals surface area contributed by atoms with E-state index < -0.39 is 0 Å². The van der Waals surface area contributed by atoms with Crippen LogP contribution in [0.2, 0.25) is 0 Å². The van der Waals surface area contributed by atoms with Crippen LogP contribution in [0.25, 0.3) is 0 Å². The summed E-state index contributed by atoms with van der Waals surface area (Å²) in [5.74, 6) is -0.207. The van der Waals surface area contributed by atoms with Gasteiger partial charge in [-0.3, -0.25) is 9.59 Å². The van der Waals surface area contributed by atoms with Crippen LogP contribution in [0.15, 0.2) is 29.2 Å². The maximum atomic E-state index is 11.3. The lowest BCUT2D eigenvalue weighted by molar-refractivity contribution is -0.143. The number of rotatable bonds is 5. The first-order valence-corrected chi connectivity index (χ1v) is 5.05. The van der Waals surface area contributed by atoms with Crippen LogP contribution in [0.1, 0.15) is 19.8 Å². The molecular weight excluding hydrogens is 194 g/mol. The van der Waals surface area contributed by atoms with E-state index in [1.165, 1.54) is 6.07 Å². The summed E-state index contributed by atoms with van der Waals surface area (Å²) in [6.07, 6.45) is 2.70. The first-order valence-electron chi connectivity index (χ1n) is 5.05. The smallest absolute Gasteiger partial charge is 0.305 e. The summed E-state index contributed by atoms with van der Waals surface area (Å²) in [4.78, 5) is 22.3. The molecule has 4 nitrogen and oxygen atoms in total. The van der Waals surface area contributed by atoms with Gasteiger partial charge in [-0.15, -0.1) is 0 Å². The largest absolute Gasteiger partial charge is 0.466 e. The minimum atomic E-state index is -0.207. The number of hydrogen-bond acceptors (Lipinski definition) is 3. The predicted molar refractivity (Wildman–Crippen MR) is 56.6 cm³/mol. The summed E-state index contributed by atoms with van der Waals surface area (Å²) in [5.41, 5.74) is -0.0404. The molecule has 0 saturated carbocycles. The molecule has 82 valence electrons. The highest BCUT2D eigenvalue weighted by molar-refractivity contribution is 5.69. The first-order chi connectivity index (χ1) is 7.24. The van der Waals surface area contributed by atoms with Crippen molar-refractivity contribution < 1.29 is 9.53 Å². The number of hydrogen-bond donors (Lipinski definition) is 0.